The van der Waals surface area contributed by atoms with Crippen LogP contribution in [0.25, 0.3) is 0 Å². The number of nitrogens with zero attached hydrogens (tertiary/aromatic N) is 1. The van der Waals surface area contributed by atoms with Crippen LogP contribution < -0.4 is 10.6 Å². The molecular weight excluding hydrogens is 302 g/mol. The fraction of sp³-hybridized carbons (Fsp3) is 0.0833. The molecule has 104 valence electrons. The molecule has 1 heterocycles. The van der Waals surface area contributed by atoms with E-state index in [1.54, 1.807) is 11.7 Å². The van der Waals surface area contributed by atoms with E-state index >= 15 is 0 Å². The molecule has 2 amide bonds. The first-order valence-corrected chi connectivity index (χ1v) is 6.76. The first-order valence-electron chi connectivity index (χ1n) is 5.50. The van der Waals surface area contributed by atoms with Gasteiger partial charge in [0, 0.05) is 21.8 Å². The standard InChI is InChI=1S/C12H10ClN3O3S/c13-8-1-7(11(17)18)2-9(3-8)16-12(19)15-5-10-4-14-6-20-10/h1-4,6H,5H2,(H,17,18)(H2,15,16,19). The second-order valence-corrected chi connectivity index (χ2v) is 5.22. The summed E-state index contributed by atoms with van der Waals surface area (Å²) in [6.45, 7) is 0.350. The molecule has 1 aromatic carbocycles. The second kappa shape index (κ2) is 6.36. The topological polar surface area (TPSA) is 91.3 Å². The number of nitrogens with one attached hydrogen (secondary N) is 2. The monoisotopic (exact) mass is 311 g/mol. The van der Waals surface area contributed by atoms with Crippen molar-refractivity contribution in [2.24, 2.45) is 0 Å². The highest BCUT2D eigenvalue weighted by molar-refractivity contribution is 7.09. The lowest BCUT2D eigenvalue weighted by atomic mass is 10.2. The summed E-state index contributed by atoms with van der Waals surface area (Å²) >= 11 is 7.22. The zero-order chi connectivity index (χ0) is 14.5. The van der Waals surface area contributed by atoms with Crippen LogP contribution in [-0.2, 0) is 6.54 Å². The summed E-state index contributed by atoms with van der Waals surface area (Å²) in [5.41, 5.74) is 2.00. The highest BCUT2D eigenvalue weighted by Gasteiger charge is 2.08. The van der Waals surface area contributed by atoms with Crippen LogP contribution >= 0.6 is 22.9 Å². The molecule has 0 atom stereocenters. The molecule has 0 bridgehead atoms. The highest BCUT2D eigenvalue weighted by Crippen LogP contribution is 2.19. The summed E-state index contributed by atoms with van der Waals surface area (Å²) in [6, 6.07) is 3.67. The van der Waals surface area contributed by atoms with Crippen molar-refractivity contribution in [1.29, 1.82) is 0 Å². The molecule has 3 N–H and O–H groups in total. The molecule has 1 aromatic heterocycles. The Bertz CT molecular complexity index is 631. The Labute approximate surface area is 123 Å². The smallest absolute Gasteiger partial charge is 0.335 e. The summed E-state index contributed by atoms with van der Waals surface area (Å²) in [6.07, 6.45) is 1.66. The molecule has 8 heteroatoms. The van der Waals surface area contributed by atoms with Crippen molar-refractivity contribution in [1.82, 2.24) is 10.3 Å². The van der Waals surface area contributed by atoms with Crippen molar-refractivity contribution >= 4 is 40.6 Å². The molecule has 0 saturated heterocycles. The van der Waals surface area contributed by atoms with Gasteiger partial charge >= 0.3 is 12.0 Å². The molecule has 0 unspecified atom stereocenters. The van der Waals surface area contributed by atoms with Crippen molar-refractivity contribution in [3.05, 3.63) is 45.4 Å². The van der Waals surface area contributed by atoms with Gasteiger partial charge in [0.1, 0.15) is 0 Å². The Morgan fingerprint density at radius 3 is 2.80 bits per heavy atom. The van der Waals surface area contributed by atoms with E-state index in [-0.39, 0.29) is 10.6 Å². The van der Waals surface area contributed by atoms with Crippen molar-refractivity contribution in [3.8, 4) is 0 Å². The van der Waals surface area contributed by atoms with Crippen LogP contribution in [0.15, 0.2) is 29.9 Å². The normalized spacial score (nSPS) is 10.1. The first kappa shape index (κ1) is 14.3. The van der Waals surface area contributed by atoms with E-state index in [4.69, 9.17) is 16.7 Å². The van der Waals surface area contributed by atoms with Crippen LogP contribution in [0.1, 0.15) is 15.2 Å². The second-order valence-electron chi connectivity index (χ2n) is 3.81. The zero-order valence-corrected chi connectivity index (χ0v) is 11.7. The van der Waals surface area contributed by atoms with Crippen LogP contribution in [0.4, 0.5) is 10.5 Å². The first-order chi connectivity index (χ1) is 9.54. The molecule has 0 aliphatic heterocycles. The molecule has 0 aliphatic carbocycles. The molecule has 0 aliphatic rings. The number of halogens is 1. The molecular formula is C12H10ClN3O3S. The van der Waals surface area contributed by atoms with E-state index in [0.717, 1.165) is 4.88 Å². The van der Waals surface area contributed by atoms with Gasteiger partial charge in [-0.1, -0.05) is 11.6 Å². The number of urea groups is 1. The number of aromatic nitrogens is 1. The summed E-state index contributed by atoms with van der Waals surface area (Å²) in [4.78, 5) is 27.4. The maximum absolute atomic E-state index is 11.7. The van der Waals surface area contributed by atoms with E-state index in [2.05, 4.69) is 15.6 Å². The van der Waals surface area contributed by atoms with Crippen molar-refractivity contribution in [2.75, 3.05) is 5.32 Å². The summed E-state index contributed by atoms with van der Waals surface area (Å²) in [5, 5.41) is 14.3. The fourth-order valence-electron chi connectivity index (χ4n) is 1.46. The molecule has 0 saturated carbocycles. The number of carboxylic acid groups (broad SMARTS) is 1. The number of aromatic carboxylic acids is 1. The van der Waals surface area contributed by atoms with Crippen molar-refractivity contribution < 1.29 is 14.7 Å². The number of benzene rings is 1. The summed E-state index contributed by atoms with van der Waals surface area (Å²) in [5.74, 6) is -1.11. The number of thiazole rings is 1. The number of carboxylic acids is 1. The quantitative estimate of drug-likeness (QED) is 0.809. The number of carbonyl (C=O) groups excluding carboxylic acids is 1. The van der Waals surface area contributed by atoms with Crippen LogP contribution in [0.5, 0.6) is 0 Å². The van der Waals surface area contributed by atoms with Crippen LogP contribution in [0.2, 0.25) is 5.02 Å². The third-order valence-corrected chi connectivity index (χ3v) is 3.31. The average molecular weight is 312 g/mol. The molecule has 0 radical (unpaired) electrons. The highest BCUT2D eigenvalue weighted by atomic mass is 35.5. The predicted octanol–water partition coefficient (Wildman–Crippen LogP) is 2.82. The lowest BCUT2D eigenvalue weighted by Crippen LogP contribution is -2.27. The number of amides is 2. The van der Waals surface area contributed by atoms with Crippen LogP contribution in [0.3, 0.4) is 0 Å². The van der Waals surface area contributed by atoms with E-state index in [1.807, 2.05) is 0 Å². The minimum Gasteiger partial charge on any atom is -0.478 e. The van der Waals surface area contributed by atoms with E-state index in [9.17, 15) is 9.59 Å². The third-order valence-electron chi connectivity index (χ3n) is 2.31. The number of rotatable bonds is 4. The number of hydrogen-bond acceptors (Lipinski definition) is 4. The van der Waals surface area contributed by atoms with Gasteiger partial charge in [-0.2, -0.15) is 0 Å². The van der Waals surface area contributed by atoms with Crippen LogP contribution in [0, 0.1) is 0 Å². The van der Waals surface area contributed by atoms with E-state index in [0.29, 0.717) is 12.2 Å². The number of hydrogen-bond donors (Lipinski definition) is 3. The minimum atomic E-state index is -1.11. The molecule has 6 nitrogen and oxygen atoms in total. The lowest BCUT2D eigenvalue weighted by molar-refractivity contribution is 0.0697. The largest absolute Gasteiger partial charge is 0.478 e. The molecule has 0 fully saturated rings. The van der Waals surface area contributed by atoms with Gasteiger partial charge in [0.05, 0.1) is 17.6 Å². The predicted molar refractivity (Wildman–Crippen MR) is 76.4 cm³/mol. The lowest BCUT2D eigenvalue weighted by Gasteiger charge is -2.08. The van der Waals surface area contributed by atoms with Crippen LogP contribution in [-0.4, -0.2) is 22.1 Å². The van der Waals surface area contributed by atoms with Gasteiger partial charge in [-0.05, 0) is 18.2 Å². The minimum absolute atomic E-state index is 0.00950. The van der Waals surface area contributed by atoms with Gasteiger partial charge in [-0.15, -0.1) is 11.3 Å². The maximum atomic E-state index is 11.7. The Balaban J connectivity index is 1.98. The van der Waals surface area contributed by atoms with Gasteiger partial charge in [-0.3, -0.25) is 4.98 Å². The fourth-order valence-corrected chi connectivity index (χ4v) is 2.23. The Kier molecular flexibility index (Phi) is 4.54. The zero-order valence-electron chi connectivity index (χ0n) is 10.1. The summed E-state index contributed by atoms with van der Waals surface area (Å²) < 4.78 is 0. The Morgan fingerprint density at radius 1 is 1.35 bits per heavy atom. The Morgan fingerprint density at radius 2 is 2.15 bits per heavy atom. The van der Waals surface area contributed by atoms with Crippen molar-refractivity contribution in [3.63, 3.8) is 0 Å². The van der Waals surface area contributed by atoms with Crippen molar-refractivity contribution in [2.45, 2.75) is 6.54 Å². The molecule has 20 heavy (non-hydrogen) atoms. The maximum Gasteiger partial charge on any atom is 0.335 e. The third kappa shape index (κ3) is 3.94. The molecule has 2 rings (SSSR count). The van der Waals surface area contributed by atoms with Gasteiger partial charge in [-0.25, -0.2) is 9.59 Å². The van der Waals surface area contributed by atoms with Gasteiger partial charge in [0.25, 0.3) is 0 Å². The van der Waals surface area contributed by atoms with Gasteiger partial charge in [0.15, 0.2) is 0 Å². The van der Waals surface area contributed by atoms with E-state index < -0.39 is 12.0 Å². The molecule has 2 aromatic rings. The Hall–Kier alpha value is -2.12. The van der Waals surface area contributed by atoms with Gasteiger partial charge < -0.3 is 15.7 Å². The van der Waals surface area contributed by atoms with Gasteiger partial charge in [0.2, 0.25) is 0 Å². The average Bonchev–Trinajstić information content (AvgIpc) is 2.88. The molecule has 0 spiro atoms. The number of carbonyl (C=O) groups is 2. The summed E-state index contributed by atoms with van der Waals surface area (Å²) in [7, 11) is 0. The SMILES string of the molecule is O=C(NCc1cncs1)Nc1cc(Cl)cc(C(=O)O)c1. The van der Waals surface area contributed by atoms with E-state index in [1.165, 1.54) is 29.5 Å². The number of anilines is 1.